The summed E-state index contributed by atoms with van der Waals surface area (Å²) in [5, 5.41) is 23.8. The Morgan fingerprint density at radius 1 is 1.57 bits per heavy atom. The van der Waals surface area contributed by atoms with Crippen LogP contribution in [0.5, 0.6) is 0 Å². The number of aromatic nitrogens is 2. The van der Waals surface area contributed by atoms with Crippen molar-refractivity contribution >= 4 is 17.6 Å². The molecular formula is C12H19N5O4. The molecule has 1 saturated heterocycles. The second-order valence-electron chi connectivity index (χ2n) is 5.33. The molecule has 21 heavy (non-hydrogen) atoms. The van der Waals surface area contributed by atoms with E-state index < -0.39 is 11.0 Å². The summed E-state index contributed by atoms with van der Waals surface area (Å²) in [5.41, 5.74) is 0.0126. The van der Waals surface area contributed by atoms with Gasteiger partial charge in [0.15, 0.2) is 0 Å². The number of aryl methyl sites for hydroxylation is 1. The predicted molar refractivity (Wildman–Crippen MR) is 75.5 cm³/mol. The molecule has 1 aromatic heterocycles. The van der Waals surface area contributed by atoms with Gasteiger partial charge >= 0.3 is 11.8 Å². The zero-order valence-electron chi connectivity index (χ0n) is 12.1. The van der Waals surface area contributed by atoms with Crippen molar-refractivity contribution in [1.29, 1.82) is 0 Å². The van der Waals surface area contributed by atoms with Gasteiger partial charge in [-0.1, -0.05) is 0 Å². The molecule has 116 valence electrons. The zero-order valence-corrected chi connectivity index (χ0v) is 12.1. The van der Waals surface area contributed by atoms with Crippen LogP contribution in [0.15, 0.2) is 6.20 Å². The van der Waals surface area contributed by atoms with Gasteiger partial charge in [0.05, 0.1) is 4.92 Å². The fraction of sp³-hybridized carbons (Fsp3) is 0.667. The third kappa shape index (κ3) is 3.23. The molecule has 1 aliphatic heterocycles. The maximum atomic E-state index is 11.0. The molecule has 2 rings (SSSR count). The van der Waals surface area contributed by atoms with Crippen LogP contribution < -0.4 is 4.90 Å². The lowest BCUT2D eigenvalue weighted by Gasteiger charge is -2.33. The fourth-order valence-corrected chi connectivity index (χ4v) is 2.71. The van der Waals surface area contributed by atoms with E-state index in [1.54, 1.807) is 14.1 Å². The lowest BCUT2D eigenvalue weighted by atomic mass is 9.96. The number of amides is 1. The first-order chi connectivity index (χ1) is 9.90. The number of anilines is 1. The summed E-state index contributed by atoms with van der Waals surface area (Å²) in [7, 11) is 3.24. The van der Waals surface area contributed by atoms with Gasteiger partial charge in [0, 0.05) is 33.7 Å². The lowest BCUT2D eigenvalue weighted by molar-refractivity contribution is -0.384. The molecule has 9 heteroatoms. The van der Waals surface area contributed by atoms with Crippen LogP contribution in [0.4, 0.5) is 16.3 Å². The topological polar surface area (TPSA) is 105 Å². The van der Waals surface area contributed by atoms with E-state index in [0.29, 0.717) is 25.5 Å². The minimum absolute atomic E-state index is 0.0126. The summed E-state index contributed by atoms with van der Waals surface area (Å²) < 4.78 is 1.52. The monoisotopic (exact) mass is 297 g/mol. The van der Waals surface area contributed by atoms with Crippen molar-refractivity contribution in [1.82, 2.24) is 14.7 Å². The molecule has 2 heterocycles. The van der Waals surface area contributed by atoms with Crippen LogP contribution in [0.2, 0.25) is 0 Å². The summed E-state index contributed by atoms with van der Waals surface area (Å²) >= 11 is 0. The van der Waals surface area contributed by atoms with E-state index in [0.717, 1.165) is 12.8 Å². The number of hydrogen-bond donors (Lipinski definition) is 1. The fourth-order valence-electron chi connectivity index (χ4n) is 2.71. The van der Waals surface area contributed by atoms with Gasteiger partial charge in [-0.3, -0.25) is 10.1 Å². The molecule has 0 aliphatic carbocycles. The van der Waals surface area contributed by atoms with Crippen molar-refractivity contribution in [3.05, 3.63) is 16.3 Å². The maximum absolute atomic E-state index is 11.0. The third-order valence-electron chi connectivity index (χ3n) is 3.86. The van der Waals surface area contributed by atoms with E-state index in [2.05, 4.69) is 5.10 Å². The average Bonchev–Trinajstić information content (AvgIpc) is 2.81. The molecule has 1 N–H and O–H groups in total. The molecule has 1 aromatic rings. The Bertz CT molecular complexity index is 536. The Morgan fingerprint density at radius 3 is 2.71 bits per heavy atom. The predicted octanol–water partition coefficient (Wildman–Crippen LogP) is 1.15. The second-order valence-corrected chi connectivity index (χ2v) is 5.33. The highest BCUT2D eigenvalue weighted by Crippen LogP contribution is 2.30. The number of carbonyl (C=O) groups is 1. The van der Waals surface area contributed by atoms with Crippen molar-refractivity contribution in [3.63, 3.8) is 0 Å². The summed E-state index contributed by atoms with van der Waals surface area (Å²) in [6, 6.07) is 0. The minimum atomic E-state index is -0.931. The first kappa shape index (κ1) is 15.1. The first-order valence-corrected chi connectivity index (χ1v) is 6.75. The summed E-state index contributed by atoms with van der Waals surface area (Å²) in [4.78, 5) is 24.6. The quantitative estimate of drug-likeness (QED) is 0.660. The van der Waals surface area contributed by atoms with Crippen LogP contribution in [-0.4, -0.2) is 57.5 Å². The molecule has 0 atom stereocenters. The van der Waals surface area contributed by atoms with Crippen LogP contribution in [0.1, 0.15) is 12.8 Å². The van der Waals surface area contributed by atoms with E-state index in [9.17, 15) is 14.9 Å². The molecule has 9 nitrogen and oxygen atoms in total. The molecule has 0 radical (unpaired) electrons. The zero-order chi connectivity index (χ0) is 15.6. The highest BCUT2D eigenvalue weighted by atomic mass is 16.6. The molecule has 0 saturated carbocycles. The molecule has 1 fully saturated rings. The highest BCUT2D eigenvalue weighted by molar-refractivity contribution is 5.64. The summed E-state index contributed by atoms with van der Waals surface area (Å²) in [6.45, 7) is 1.83. The maximum Gasteiger partial charge on any atom is 0.407 e. The number of rotatable bonds is 4. The minimum Gasteiger partial charge on any atom is -0.465 e. The number of carboxylic acid groups (broad SMARTS) is 1. The number of hydrogen-bond acceptors (Lipinski definition) is 5. The first-order valence-electron chi connectivity index (χ1n) is 6.75. The Balaban J connectivity index is 2.00. The average molecular weight is 297 g/mol. The van der Waals surface area contributed by atoms with E-state index in [1.165, 1.54) is 15.8 Å². The third-order valence-corrected chi connectivity index (χ3v) is 3.86. The van der Waals surface area contributed by atoms with Gasteiger partial charge in [0.2, 0.25) is 5.82 Å². The Labute approximate surface area is 121 Å². The number of nitro groups is 1. The SMILES string of the molecule is CN(CC1CCN(c2c([N+](=O)[O-])cnn2C)CC1)C(=O)O. The molecule has 0 unspecified atom stereocenters. The van der Waals surface area contributed by atoms with Gasteiger partial charge in [-0.2, -0.15) is 5.10 Å². The Kier molecular flexibility index (Phi) is 4.29. The molecule has 0 spiro atoms. The van der Waals surface area contributed by atoms with Gasteiger partial charge in [0.25, 0.3) is 0 Å². The highest BCUT2D eigenvalue weighted by Gasteiger charge is 2.29. The van der Waals surface area contributed by atoms with Crippen LogP contribution in [0.25, 0.3) is 0 Å². The van der Waals surface area contributed by atoms with Gasteiger partial charge in [-0.05, 0) is 18.8 Å². The Morgan fingerprint density at radius 2 is 2.19 bits per heavy atom. The molecule has 0 bridgehead atoms. The van der Waals surface area contributed by atoms with E-state index in [-0.39, 0.29) is 11.6 Å². The molecule has 1 amide bonds. The molecule has 0 aromatic carbocycles. The number of nitrogens with zero attached hydrogens (tertiary/aromatic N) is 5. The lowest BCUT2D eigenvalue weighted by Crippen LogP contribution is -2.39. The Hall–Kier alpha value is -2.32. The number of piperidine rings is 1. The van der Waals surface area contributed by atoms with Crippen molar-refractivity contribution in [2.45, 2.75) is 12.8 Å². The van der Waals surface area contributed by atoms with E-state index in [1.807, 2.05) is 4.90 Å². The second kappa shape index (κ2) is 5.98. The van der Waals surface area contributed by atoms with E-state index in [4.69, 9.17) is 5.11 Å². The standard InChI is InChI=1S/C12H19N5O4/c1-14(12(18)19)8-9-3-5-16(6-4-9)11-10(17(20)21)7-13-15(11)2/h7,9H,3-6,8H2,1-2H3,(H,18,19). The summed E-state index contributed by atoms with van der Waals surface area (Å²) in [5.74, 6) is 0.805. The van der Waals surface area contributed by atoms with Crippen molar-refractivity contribution in [3.8, 4) is 0 Å². The van der Waals surface area contributed by atoms with Gasteiger partial charge in [0.1, 0.15) is 6.20 Å². The van der Waals surface area contributed by atoms with Crippen LogP contribution >= 0.6 is 0 Å². The van der Waals surface area contributed by atoms with Gasteiger partial charge < -0.3 is 14.9 Å². The van der Waals surface area contributed by atoms with Crippen molar-refractivity contribution in [2.24, 2.45) is 13.0 Å². The van der Waals surface area contributed by atoms with Crippen LogP contribution in [0.3, 0.4) is 0 Å². The van der Waals surface area contributed by atoms with Gasteiger partial charge in [-0.15, -0.1) is 0 Å². The van der Waals surface area contributed by atoms with Crippen molar-refractivity contribution < 1.29 is 14.8 Å². The largest absolute Gasteiger partial charge is 0.465 e. The van der Waals surface area contributed by atoms with Gasteiger partial charge in [-0.25, -0.2) is 9.48 Å². The smallest absolute Gasteiger partial charge is 0.407 e. The van der Waals surface area contributed by atoms with E-state index >= 15 is 0 Å². The molecule has 1 aliphatic rings. The van der Waals surface area contributed by atoms with Crippen LogP contribution in [-0.2, 0) is 7.05 Å². The summed E-state index contributed by atoms with van der Waals surface area (Å²) in [6.07, 6.45) is 1.94. The normalized spacial score (nSPS) is 16.0. The van der Waals surface area contributed by atoms with Crippen LogP contribution in [0, 0.1) is 16.0 Å². The molecular weight excluding hydrogens is 278 g/mol. The van der Waals surface area contributed by atoms with Crippen molar-refractivity contribution in [2.75, 3.05) is 31.6 Å².